The van der Waals surface area contributed by atoms with Gasteiger partial charge in [-0.3, -0.25) is 4.79 Å². The number of piperidine rings is 1. The third-order valence-electron chi connectivity index (χ3n) is 3.94. The minimum atomic E-state index is -0.299. The maximum absolute atomic E-state index is 12.8. The summed E-state index contributed by atoms with van der Waals surface area (Å²) < 4.78 is 0. The predicted octanol–water partition coefficient (Wildman–Crippen LogP) is 2.04. The summed E-state index contributed by atoms with van der Waals surface area (Å²) in [5.41, 5.74) is 1.07. The van der Waals surface area contributed by atoms with Gasteiger partial charge in [-0.05, 0) is 45.9 Å². The zero-order valence-corrected chi connectivity index (χ0v) is 14.1. The Morgan fingerprint density at radius 2 is 2.00 bits per heavy atom. The van der Waals surface area contributed by atoms with Crippen molar-refractivity contribution in [2.45, 2.75) is 38.8 Å². The molecule has 1 aliphatic heterocycles. The number of para-hydroxylation sites is 1. The molecule has 0 bridgehead atoms. The molecule has 0 radical (unpaired) electrons. The van der Waals surface area contributed by atoms with E-state index in [-0.39, 0.29) is 18.0 Å². The molecular weight excluding hydrogens is 292 g/mol. The summed E-state index contributed by atoms with van der Waals surface area (Å²) >= 11 is 0. The van der Waals surface area contributed by atoms with Gasteiger partial charge in [0, 0.05) is 25.2 Å². The Morgan fingerprint density at radius 3 is 2.70 bits per heavy atom. The van der Waals surface area contributed by atoms with Crippen molar-refractivity contribution >= 4 is 17.6 Å². The SMILES string of the molecule is CNC1CCCN(C(=O)c2ccccc2NC(=O)NC(C)C)C1. The highest BCUT2D eigenvalue weighted by Gasteiger charge is 2.25. The molecule has 6 nitrogen and oxygen atoms in total. The molecular formula is C17H26N4O2. The zero-order chi connectivity index (χ0) is 16.8. The molecule has 1 unspecified atom stereocenters. The quantitative estimate of drug-likeness (QED) is 0.795. The van der Waals surface area contributed by atoms with Gasteiger partial charge in [-0.2, -0.15) is 0 Å². The van der Waals surface area contributed by atoms with Crippen molar-refractivity contribution in [1.82, 2.24) is 15.5 Å². The number of nitrogens with one attached hydrogen (secondary N) is 3. The Bertz CT molecular complexity index is 559. The minimum Gasteiger partial charge on any atom is -0.337 e. The maximum Gasteiger partial charge on any atom is 0.319 e. The fourth-order valence-corrected chi connectivity index (χ4v) is 2.77. The number of carbonyl (C=O) groups excluding carboxylic acids is 2. The smallest absolute Gasteiger partial charge is 0.319 e. The summed E-state index contributed by atoms with van der Waals surface area (Å²) in [4.78, 5) is 26.6. The van der Waals surface area contributed by atoms with E-state index in [9.17, 15) is 9.59 Å². The molecule has 0 aliphatic carbocycles. The highest BCUT2D eigenvalue weighted by atomic mass is 16.2. The molecule has 3 amide bonds. The van der Waals surface area contributed by atoms with Crippen LogP contribution in [0, 0.1) is 0 Å². The number of benzene rings is 1. The Labute approximate surface area is 137 Å². The number of likely N-dealkylation sites (tertiary alicyclic amines) is 1. The van der Waals surface area contributed by atoms with E-state index in [4.69, 9.17) is 0 Å². The number of rotatable bonds is 4. The summed E-state index contributed by atoms with van der Waals surface area (Å²) in [7, 11) is 1.92. The standard InChI is InChI=1S/C17H26N4O2/c1-12(2)19-17(23)20-15-9-5-4-8-14(15)16(22)21-10-6-7-13(11-21)18-3/h4-5,8-9,12-13,18H,6-7,10-11H2,1-3H3,(H2,19,20,23). The van der Waals surface area contributed by atoms with Crippen molar-refractivity contribution in [1.29, 1.82) is 0 Å². The number of carbonyl (C=O) groups is 2. The topological polar surface area (TPSA) is 73.5 Å². The molecule has 1 aromatic rings. The van der Waals surface area contributed by atoms with E-state index in [0.29, 0.717) is 23.8 Å². The summed E-state index contributed by atoms with van der Waals surface area (Å²) in [5.74, 6) is -0.0367. The van der Waals surface area contributed by atoms with E-state index in [1.165, 1.54) is 0 Å². The lowest BCUT2D eigenvalue weighted by Crippen LogP contribution is -2.47. The first-order valence-electron chi connectivity index (χ1n) is 8.14. The van der Waals surface area contributed by atoms with Crippen LogP contribution in [-0.2, 0) is 0 Å². The van der Waals surface area contributed by atoms with Gasteiger partial charge in [-0.1, -0.05) is 12.1 Å². The Kier molecular flexibility index (Phi) is 5.98. The van der Waals surface area contributed by atoms with E-state index in [1.54, 1.807) is 12.1 Å². The van der Waals surface area contributed by atoms with Crippen molar-refractivity contribution in [3.63, 3.8) is 0 Å². The van der Waals surface area contributed by atoms with Crippen molar-refractivity contribution in [2.24, 2.45) is 0 Å². The fourth-order valence-electron chi connectivity index (χ4n) is 2.77. The largest absolute Gasteiger partial charge is 0.337 e. The highest BCUT2D eigenvalue weighted by molar-refractivity contribution is 6.03. The van der Waals surface area contributed by atoms with Crippen molar-refractivity contribution < 1.29 is 9.59 Å². The van der Waals surface area contributed by atoms with E-state index in [0.717, 1.165) is 19.4 Å². The third-order valence-corrected chi connectivity index (χ3v) is 3.94. The van der Waals surface area contributed by atoms with Crippen LogP contribution < -0.4 is 16.0 Å². The van der Waals surface area contributed by atoms with E-state index >= 15 is 0 Å². The molecule has 3 N–H and O–H groups in total. The van der Waals surface area contributed by atoms with Crippen LogP contribution in [0.4, 0.5) is 10.5 Å². The van der Waals surface area contributed by atoms with Crippen molar-refractivity contribution in [3.05, 3.63) is 29.8 Å². The first-order chi connectivity index (χ1) is 11.0. The van der Waals surface area contributed by atoms with Gasteiger partial charge in [0.15, 0.2) is 0 Å². The molecule has 2 rings (SSSR count). The van der Waals surface area contributed by atoms with Crippen LogP contribution in [-0.4, -0.2) is 49.1 Å². The summed E-state index contributed by atoms with van der Waals surface area (Å²) in [6.45, 7) is 5.23. The molecule has 23 heavy (non-hydrogen) atoms. The van der Waals surface area contributed by atoms with Crippen molar-refractivity contribution in [3.8, 4) is 0 Å². The number of amides is 3. The van der Waals surface area contributed by atoms with Crippen LogP contribution in [0.25, 0.3) is 0 Å². The van der Waals surface area contributed by atoms with E-state index < -0.39 is 0 Å². The Balaban J connectivity index is 2.12. The molecule has 0 aromatic heterocycles. The average molecular weight is 318 g/mol. The molecule has 0 spiro atoms. The Morgan fingerprint density at radius 1 is 1.26 bits per heavy atom. The first kappa shape index (κ1) is 17.3. The second-order valence-corrected chi connectivity index (χ2v) is 6.18. The van der Waals surface area contributed by atoms with Gasteiger partial charge in [-0.25, -0.2) is 4.79 Å². The maximum atomic E-state index is 12.8. The third kappa shape index (κ3) is 4.69. The van der Waals surface area contributed by atoms with Crippen LogP contribution in [0.3, 0.4) is 0 Å². The lowest BCUT2D eigenvalue weighted by Gasteiger charge is -2.33. The van der Waals surface area contributed by atoms with Gasteiger partial charge >= 0.3 is 6.03 Å². The number of likely N-dealkylation sites (N-methyl/N-ethyl adjacent to an activating group) is 1. The Hall–Kier alpha value is -2.08. The van der Waals surface area contributed by atoms with Crippen LogP contribution in [0.1, 0.15) is 37.0 Å². The summed E-state index contributed by atoms with van der Waals surface area (Å²) in [6, 6.07) is 7.22. The van der Waals surface area contributed by atoms with Gasteiger partial charge in [0.05, 0.1) is 11.3 Å². The molecule has 1 saturated heterocycles. The summed E-state index contributed by atoms with van der Waals surface area (Å²) in [6.07, 6.45) is 2.07. The normalized spacial score (nSPS) is 17.9. The zero-order valence-electron chi connectivity index (χ0n) is 14.1. The van der Waals surface area contributed by atoms with Crippen LogP contribution >= 0.6 is 0 Å². The number of hydrogen-bond acceptors (Lipinski definition) is 3. The fraction of sp³-hybridized carbons (Fsp3) is 0.529. The number of nitrogens with zero attached hydrogens (tertiary/aromatic N) is 1. The van der Waals surface area contributed by atoms with Crippen LogP contribution in [0.2, 0.25) is 0 Å². The first-order valence-corrected chi connectivity index (χ1v) is 8.14. The number of anilines is 1. The van der Waals surface area contributed by atoms with Gasteiger partial charge in [-0.15, -0.1) is 0 Å². The van der Waals surface area contributed by atoms with Crippen LogP contribution in [0.15, 0.2) is 24.3 Å². The lowest BCUT2D eigenvalue weighted by atomic mass is 10.0. The molecule has 0 saturated carbocycles. The predicted molar refractivity (Wildman–Crippen MR) is 91.7 cm³/mol. The molecule has 1 atom stereocenters. The monoisotopic (exact) mass is 318 g/mol. The molecule has 6 heteroatoms. The minimum absolute atomic E-state index is 0.0367. The van der Waals surface area contributed by atoms with Gasteiger partial charge in [0.1, 0.15) is 0 Å². The molecule has 1 fully saturated rings. The second kappa shape index (κ2) is 7.97. The highest BCUT2D eigenvalue weighted by Crippen LogP contribution is 2.20. The number of hydrogen-bond donors (Lipinski definition) is 3. The number of urea groups is 1. The van der Waals surface area contributed by atoms with Gasteiger partial charge in [0.25, 0.3) is 5.91 Å². The van der Waals surface area contributed by atoms with E-state index in [2.05, 4.69) is 16.0 Å². The van der Waals surface area contributed by atoms with E-state index in [1.807, 2.05) is 37.9 Å². The van der Waals surface area contributed by atoms with Crippen LogP contribution in [0.5, 0.6) is 0 Å². The second-order valence-electron chi connectivity index (χ2n) is 6.18. The lowest BCUT2D eigenvalue weighted by molar-refractivity contribution is 0.0699. The molecule has 1 heterocycles. The van der Waals surface area contributed by atoms with Gasteiger partial charge in [0.2, 0.25) is 0 Å². The van der Waals surface area contributed by atoms with Gasteiger partial charge < -0.3 is 20.9 Å². The molecule has 126 valence electrons. The summed E-state index contributed by atoms with van der Waals surface area (Å²) in [5, 5.41) is 8.78. The molecule has 1 aliphatic rings. The molecule has 1 aromatic carbocycles. The average Bonchev–Trinajstić information content (AvgIpc) is 2.54. The van der Waals surface area contributed by atoms with Crippen molar-refractivity contribution in [2.75, 3.05) is 25.5 Å².